The Morgan fingerprint density at radius 2 is 1.89 bits per heavy atom. The summed E-state index contributed by atoms with van der Waals surface area (Å²) in [6.45, 7) is 0.792. The fourth-order valence-electron chi connectivity index (χ4n) is 4.06. The fraction of sp³-hybridized carbons (Fsp3) is 0.304. The van der Waals surface area contributed by atoms with Crippen LogP contribution in [-0.2, 0) is 16.0 Å². The number of amides is 2. The van der Waals surface area contributed by atoms with Crippen LogP contribution in [0.5, 0.6) is 0 Å². The molecular formula is C23H24N2O2. The van der Waals surface area contributed by atoms with E-state index in [9.17, 15) is 9.59 Å². The summed E-state index contributed by atoms with van der Waals surface area (Å²) in [5.41, 5.74) is 4.50. The minimum atomic E-state index is 0.00972. The van der Waals surface area contributed by atoms with E-state index in [1.807, 2.05) is 53.3 Å². The molecule has 1 unspecified atom stereocenters. The Morgan fingerprint density at radius 3 is 2.63 bits per heavy atom. The lowest BCUT2D eigenvalue weighted by Gasteiger charge is -2.24. The van der Waals surface area contributed by atoms with Gasteiger partial charge in [-0.3, -0.25) is 9.59 Å². The van der Waals surface area contributed by atoms with Crippen LogP contribution in [0.3, 0.4) is 0 Å². The van der Waals surface area contributed by atoms with E-state index < -0.39 is 0 Å². The highest BCUT2D eigenvalue weighted by atomic mass is 16.2. The lowest BCUT2D eigenvalue weighted by Crippen LogP contribution is -2.28. The second-order valence-corrected chi connectivity index (χ2v) is 7.28. The Bertz CT molecular complexity index is 886. The number of fused-ring (bicyclic) bond motifs is 1. The quantitative estimate of drug-likeness (QED) is 0.774. The van der Waals surface area contributed by atoms with E-state index in [4.69, 9.17) is 0 Å². The highest BCUT2D eigenvalue weighted by Gasteiger charge is 2.27. The van der Waals surface area contributed by atoms with Crippen molar-refractivity contribution in [3.63, 3.8) is 0 Å². The molecule has 2 amide bonds. The van der Waals surface area contributed by atoms with E-state index in [1.54, 1.807) is 6.08 Å². The summed E-state index contributed by atoms with van der Waals surface area (Å²) in [4.78, 5) is 28.1. The number of nitrogens with zero attached hydrogens (tertiary/aromatic N) is 2. The van der Waals surface area contributed by atoms with Gasteiger partial charge in [0.25, 0.3) is 0 Å². The zero-order valence-electron chi connectivity index (χ0n) is 15.6. The lowest BCUT2D eigenvalue weighted by atomic mass is 10.1. The molecule has 1 fully saturated rings. The van der Waals surface area contributed by atoms with Crippen molar-refractivity contribution in [2.45, 2.75) is 31.7 Å². The maximum atomic E-state index is 12.6. The van der Waals surface area contributed by atoms with Crippen LogP contribution in [0.2, 0.25) is 0 Å². The van der Waals surface area contributed by atoms with Gasteiger partial charge in [-0.2, -0.15) is 0 Å². The summed E-state index contributed by atoms with van der Waals surface area (Å²) in [5, 5.41) is 0. The van der Waals surface area contributed by atoms with E-state index >= 15 is 0 Å². The number of hydrogen-bond acceptors (Lipinski definition) is 2. The first kappa shape index (κ1) is 17.5. The minimum Gasteiger partial charge on any atom is -0.335 e. The second kappa shape index (κ2) is 7.39. The van der Waals surface area contributed by atoms with Crippen molar-refractivity contribution in [3.05, 3.63) is 71.3 Å². The van der Waals surface area contributed by atoms with E-state index in [2.05, 4.69) is 18.2 Å². The molecule has 0 N–H and O–H groups in total. The lowest BCUT2D eigenvalue weighted by molar-refractivity contribution is -0.126. The molecule has 0 spiro atoms. The molecule has 1 heterocycles. The number of anilines is 1. The van der Waals surface area contributed by atoms with Gasteiger partial charge in [0.1, 0.15) is 0 Å². The topological polar surface area (TPSA) is 40.6 Å². The Balaban J connectivity index is 1.42. The molecule has 2 aromatic carbocycles. The van der Waals surface area contributed by atoms with Crippen LogP contribution in [0.15, 0.2) is 54.6 Å². The molecule has 27 heavy (non-hydrogen) atoms. The normalized spacial score (nSPS) is 18.9. The number of carbonyl (C=O) groups is 2. The molecule has 2 aromatic rings. The van der Waals surface area contributed by atoms with Gasteiger partial charge in [0.05, 0.1) is 6.04 Å². The molecule has 138 valence electrons. The summed E-state index contributed by atoms with van der Waals surface area (Å²) < 4.78 is 0. The number of hydrogen-bond donors (Lipinski definition) is 0. The molecule has 0 radical (unpaired) electrons. The first-order valence-electron chi connectivity index (χ1n) is 9.56. The summed E-state index contributed by atoms with van der Waals surface area (Å²) in [5.74, 6) is 0.197. The minimum absolute atomic E-state index is 0.00972. The van der Waals surface area contributed by atoms with E-state index in [0.717, 1.165) is 37.1 Å². The standard InChI is InChI=1S/C23H24N2O2/c1-24(21-14-11-18-5-2-3-6-20(18)21)22(26)15-10-17-8-12-19(13-9-17)25-16-4-7-23(25)27/h2-3,5-6,8-10,12-13,15,21H,4,7,11,14,16H2,1H3/b15-10+. The van der Waals surface area contributed by atoms with Crippen LogP contribution < -0.4 is 4.90 Å². The molecule has 1 saturated heterocycles. The molecule has 1 aliphatic heterocycles. The van der Waals surface area contributed by atoms with Gasteiger partial charge in [0, 0.05) is 31.8 Å². The fourth-order valence-corrected chi connectivity index (χ4v) is 4.06. The molecule has 0 bridgehead atoms. The third kappa shape index (κ3) is 3.52. The predicted octanol–water partition coefficient (Wildman–Crippen LogP) is 3.97. The van der Waals surface area contributed by atoms with Crippen molar-refractivity contribution in [1.82, 2.24) is 4.90 Å². The summed E-state index contributed by atoms with van der Waals surface area (Å²) in [7, 11) is 1.88. The molecule has 4 heteroatoms. The maximum Gasteiger partial charge on any atom is 0.246 e. The summed E-state index contributed by atoms with van der Waals surface area (Å²) in [6.07, 6.45) is 7.04. The Labute approximate surface area is 160 Å². The van der Waals surface area contributed by atoms with Crippen LogP contribution in [0.25, 0.3) is 6.08 Å². The second-order valence-electron chi connectivity index (χ2n) is 7.28. The zero-order valence-corrected chi connectivity index (χ0v) is 15.6. The first-order valence-corrected chi connectivity index (χ1v) is 9.56. The van der Waals surface area contributed by atoms with Crippen molar-refractivity contribution in [1.29, 1.82) is 0 Å². The molecule has 4 nitrogen and oxygen atoms in total. The highest BCUT2D eigenvalue weighted by molar-refractivity contribution is 5.95. The maximum absolute atomic E-state index is 12.6. The zero-order chi connectivity index (χ0) is 18.8. The van der Waals surface area contributed by atoms with E-state index in [1.165, 1.54) is 11.1 Å². The number of benzene rings is 2. The largest absolute Gasteiger partial charge is 0.335 e. The van der Waals surface area contributed by atoms with E-state index in [-0.39, 0.29) is 17.9 Å². The predicted molar refractivity (Wildman–Crippen MR) is 107 cm³/mol. The van der Waals surface area contributed by atoms with Gasteiger partial charge in [0.2, 0.25) is 11.8 Å². The van der Waals surface area contributed by atoms with Crippen LogP contribution >= 0.6 is 0 Å². The van der Waals surface area contributed by atoms with Crippen LogP contribution in [-0.4, -0.2) is 30.3 Å². The Kier molecular flexibility index (Phi) is 4.80. The molecular weight excluding hydrogens is 336 g/mol. The van der Waals surface area contributed by atoms with Gasteiger partial charge >= 0.3 is 0 Å². The summed E-state index contributed by atoms with van der Waals surface area (Å²) >= 11 is 0. The van der Waals surface area contributed by atoms with Crippen molar-refractivity contribution in [2.75, 3.05) is 18.5 Å². The SMILES string of the molecule is CN(C(=O)/C=C/c1ccc(N2CCCC2=O)cc1)C1CCc2ccccc21. The third-order valence-electron chi connectivity index (χ3n) is 5.61. The van der Waals surface area contributed by atoms with Gasteiger partial charge in [0.15, 0.2) is 0 Å². The number of likely N-dealkylation sites (N-methyl/N-ethyl adjacent to an activating group) is 1. The van der Waals surface area contributed by atoms with Crippen molar-refractivity contribution in [3.8, 4) is 0 Å². The van der Waals surface area contributed by atoms with Crippen LogP contribution in [0.4, 0.5) is 5.69 Å². The van der Waals surface area contributed by atoms with Gasteiger partial charge in [-0.1, -0.05) is 36.4 Å². The van der Waals surface area contributed by atoms with Crippen molar-refractivity contribution in [2.24, 2.45) is 0 Å². The molecule has 4 rings (SSSR count). The molecule has 0 saturated carbocycles. The van der Waals surface area contributed by atoms with Gasteiger partial charge in [-0.25, -0.2) is 0 Å². The monoisotopic (exact) mass is 360 g/mol. The smallest absolute Gasteiger partial charge is 0.246 e. The van der Waals surface area contributed by atoms with E-state index in [0.29, 0.717) is 6.42 Å². The van der Waals surface area contributed by atoms with Gasteiger partial charge in [-0.15, -0.1) is 0 Å². The van der Waals surface area contributed by atoms with Crippen LogP contribution in [0, 0.1) is 0 Å². The van der Waals surface area contributed by atoms with Crippen molar-refractivity contribution >= 4 is 23.6 Å². The number of carbonyl (C=O) groups excluding carboxylic acids is 2. The Morgan fingerprint density at radius 1 is 1.11 bits per heavy atom. The van der Waals surface area contributed by atoms with Gasteiger partial charge in [-0.05, 0) is 54.2 Å². The average Bonchev–Trinajstić information content (AvgIpc) is 3.32. The third-order valence-corrected chi connectivity index (χ3v) is 5.61. The van der Waals surface area contributed by atoms with Gasteiger partial charge < -0.3 is 9.80 Å². The molecule has 1 aliphatic carbocycles. The molecule has 1 atom stereocenters. The summed E-state index contributed by atoms with van der Waals surface area (Å²) in [6, 6.07) is 16.3. The molecule has 2 aliphatic rings. The average molecular weight is 360 g/mol. The number of aryl methyl sites for hydroxylation is 1. The van der Waals surface area contributed by atoms with Crippen molar-refractivity contribution < 1.29 is 9.59 Å². The van der Waals surface area contributed by atoms with Crippen LogP contribution in [0.1, 0.15) is 42.0 Å². The Hall–Kier alpha value is -2.88. The number of rotatable bonds is 4. The molecule has 0 aromatic heterocycles. The first-order chi connectivity index (χ1) is 13.1. The highest BCUT2D eigenvalue weighted by Crippen LogP contribution is 2.34.